The minimum atomic E-state index is -0.0958. The van der Waals surface area contributed by atoms with Crippen LogP contribution in [0.4, 0.5) is 5.82 Å². The monoisotopic (exact) mass is 236 g/mol. The van der Waals surface area contributed by atoms with Crippen LogP contribution in [0, 0.1) is 0 Å². The molecule has 2 aromatic rings. The second kappa shape index (κ2) is 4.89. The highest BCUT2D eigenvalue weighted by molar-refractivity contribution is 7.09. The second-order valence-electron chi connectivity index (χ2n) is 3.15. The maximum atomic E-state index is 11.8. The summed E-state index contributed by atoms with van der Waals surface area (Å²) in [6, 6.07) is 0. The number of nitrogens with one attached hydrogen (secondary N) is 1. The largest absolute Gasteiger partial charge is 0.359 e. The van der Waals surface area contributed by atoms with Gasteiger partial charge in [-0.15, -0.1) is 11.3 Å². The Bertz CT molecular complexity index is 506. The maximum absolute atomic E-state index is 11.8. The van der Waals surface area contributed by atoms with Crippen LogP contribution in [0.5, 0.6) is 0 Å². The number of hydrogen-bond acceptors (Lipinski definition) is 5. The predicted octanol–water partition coefficient (Wildman–Crippen LogP) is 1.33. The van der Waals surface area contributed by atoms with E-state index < -0.39 is 0 Å². The molecule has 0 amide bonds. The molecule has 0 unspecified atom stereocenters. The van der Waals surface area contributed by atoms with Gasteiger partial charge >= 0.3 is 0 Å². The molecule has 0 saturated heterocycles. The summed E-state index contributed by atoms with van der Waals surface area (Å²) in [5.74, 6) is 0.375. The Morgan fingerprint density at radius 3 is 3.00 bits per heavy atom. The third-order valence-electron chi connectivity index (χ3n) is 2.14. The van der Waals surface area contributed by atoms with Gasteiger partial charge in [0.1, 0.15) is 5.01 Å². The normalized spacial score (nSPS) is 10.3. The number of hydrogen-bond donors (Lipinski definition) is 1. The minimum Gasteiger partial charge on any atom is -0.359 e. The molecular formula is C10H12N4OS. The predicted molar refractivity (Wildman–Crippen MR) is 63.6 cm³/mol. The van der Waals surface area contributed by atoms with Gasteiger partial charge in [0.05, 0.1) is 6.54 Å². The molecule has 2 heterocycles. The molecule has 6 heteroatoms. The fourth-order valence-electron chi connectivity index (χ4n) is 1.32. The van der Waals surface area contributed by atoms with E-state index in [0.29, 0.717) is 18.9 Å². The third kappa shape index (κ3) is 2.27. The number of rotatable bonds is 4. The van der Waals surface area contributed by atoms with Crippen LogP contribution in [0.25, 0.3) is 0 Å². The van der Waals surface area contributed by atoms with Crippen molar-refractivity contribution in [1.29, 1.82) is 0 Å². The maximum Gasteiger partial charge on any atom is 0.293 e. The van der Waals surface area contributed by atoms with Crippen molar-refractivity contribution in [2.75, 3.05) is 5.32 Å². The first-order valence-electron chi connectivity index (χ1n) is 4.99. The van der Waals surface area contributed by atoms with E-state index >= 15 is 0 Å². The van der Waals surface area contributed by atoms with Crippen molar-refractivity contribution in [2.45, 2.75) is 20.0 Å². The first-order valence-corrected chi connectivity index (χ1v) is 5.87. The van der Waals surface area contributed by atoms with Gasteiger partial charge in [0, 0.05) is 30.5 Å². The first kappa shape index (κ1) is 10.8. The van der Waals surface area contributed by atoms with Gasteiger partial charge < -0.3 is 9.88 Å². The van der Waals surface area contributed by atoms with Crippen molar-refractivity contribution in [1.82, 2.24) is 14.5 Å². The molecule has 0 radical (unpaired) electrons. The summed E-state index contributed by atoms with van der Waals surface area (Å²) in [5, 5.41) is 5.83. The summed E-state index contributed by atoms with van der Waals surface area (Å²) in [6.07, 6.45) is 5.04. The van der Waals surface area contributed by atoms with Crippen LogP contribution in [-0.4, -0.2) is 14.5 Å². The Kier molecular flexibility index (Phi) is 3.31. The molecule has 0 aliphatic heterocycles. The second-order valence-corrected chi connectivity index (χ2v) is 4.13. The van der Waals surface area contributed by atoms with Crippen LogP contribution in [0.2, 0.25) is 0 Å². The van der Waals surface area contributed by atoms with Gasteiger partial charge in [-0.1, -0.05) is 0 Å². The molecule has 2 rings (SSSR count). The van der Waals surface area contributed by atoms with Gasteiger partial charge in [0.2, 0.25) is 0 Å². The van der Waals surface area contributed by atoms with Crippen molar-refractivity contribution >= 4 is 17.2 Å². The molecule has 0 aliphatic rings. The number of anilines is 1. The zero-order chi connectivity index (χ0) is 11.4. The molecule has 0 aromatic carbocycles. The van der Waals surface area contributed by atoms with Crippen molar-refractivity contribution < 1.29 is 0 Å². The van der Waals surface area contributed by atoms with E-state index in [0.717, 1.165) is 5.01 Å². The van der Waals surface area contributed by atoms with E-state index in [2.05, 4.69) is 15.3 Å². The Hall–Kier alpha value is -1.69. The molecule has 2 aromatic heterocycles. The average Bonchev–Trinajstić information content (AvgIpc) is 2.81. The minimum absolute atomic E-state index is 0.0958. The van der Waals surface area contributed by atoms with Gasteiger partial charge in [-0.3, -0.25) is 4.79 Å². The molecule has 5 nitrogen and oxygen atoms in total. The summed E-state index contributed by atoms with van der Waals surface area (Å²) < 4.78 is 1.61. The quantitative estimate of drug-likeness (QED) is 0.870. The summed E-state index contributed by atoms with van der Waals surface area (Å²) in [6.45, 7) is 3.10. The molecule has 16 heavy (non-hydrogen) atoms. The molecule has 0 fully saturated rings. The lowest BCUT2D eigenvalue weighted by Gasteiger charge is -2.05. The third-order valence-corrected chi connectivity index (χ3v) is 2.92. The van der Waals surface area contributed by atoms with Crippen molar-refractivity contribution in [3.05, 3.63) is 39.3 Å². The van der Waals surface area contributed by atoms with E-state index in [9.17, 15) is 4.79 Å². The van der Waals surface area contributed by atoms with Crippen LogP contribution in [0.3, 0.4) is 0 Å². The van der Waals surface area contributed by atoms with Gasteiger partial charge in [-0.2, -0.15) is 0 Å². The van der Waals surface area contributed by atoms with Crippen LogP contribution in [0.1, 0.15) is 11.9 Å². The van der Waals surface area contributed by atoms with E-state index in [4.69, 9.17) is 0 Å². The SMILES string of the molecule is CCn1ccnc(NCc2nccs2)c1=O. The molecule has 0 bridgehead atoms. The molecule has 84 valence electrons. The smallest absolute Gasteiger partial charge is 0.293 e. The summed E-state index contributed by atoms with van der Waals surface area (Å²) in [7, 11) is 0. The number of aryl methyl sites for hydroxylation is 1. The molecule has 0 spiro atoms. The fraction of sp³-hybridized carbons (Fsp3) is 0.300. The summed E-state index contributed by atoms with van der Waals surface area (Å²) >= 11 is 1.55. The number of thiazole rings is 1. The molecule has 1 N–H and O–H groups in total. The average molecular weight is 236 g/mol. The van der Waals surface area contributed by atoms with Crippen LogP contribution in [-0.2, 0) is 13.1 Å². The first-order chi connectivity index (χ1) is 7.81. The van der Waals surface area contributed by atoms with E-state index in [1.165, 1.54) is 0 Å². The molecular weight excluding hydrogens is 224 g/mol. The molecule has 0 saturated carbocycles. The number of aromatic nitrogens is 3. The van der Waals surface area contributed by atoms with E-state index in [-0.39, 0.29) is 5.56 Å². The topological polar surface area (TPSA) is 59.8 Å². The van der Waals surface area contributed by atoms with Gasteiger partial charge in [0.15, 0.2) is 5.82 Å². The Morgan fingerprint density at radius 2 is 2.31 bits per heavy atom. The van der Waals surface area contributed by atoms with Crippen LogP contribution in [0.15, 0.2) is 28.8 Å². The Morgan fingerprint density at radius 1 is 1.44 bits per heavy atom. The van der Waals surface area contributed by atoms with E-state index in [1.807, 2.05) is 12.3 Å². The van der Waals surface area contributed by atoms with Crippen molar-refractivity contribution in [3.8, 4) is 0 Å². The number of nitrogens with zero attached hydrogens (tertiary/aromatic N) is 3. The molecule has 0 aliphatic carbocycles. The highest BCUT2D eigenvalue weighted by Gasteiger charge is 2.03. The lowest BCUT2D eigenvalue weighted by atomic mass is 10.5. The summed E-state index contributed by atoms with van der Waals surface area (Å²) in [4.78, 5) is 19.9. The fourth-order valence-corrected chi connectivity index (χ4v) is 1.87. The van der Waals surface area contributed by atoms with Gasteiger partial charge in [-0.25, -0.2) is 9.97 Å². The lowest BCUT2D eigenvalue weighted by molar-refractivity contribution is 0.718. The highest BCUT2D eigenvalue weighted by atomic mass is 32.1. The van der Waals surface area contributed by atoms with E-state index in [1.54, 1.807) is 34.5 Å². The Balaban J connectivity index is 2.13. The lowest BCUT2D eigenvalue weighted by Crippen LogP contribution is -2.23. The standard InChI is InChI=1S/C10H12N4OS/c1-2-14-5-3-12-9(10(14)15)13-7-8-11-4-6-16-8/h3-6H,2,7H2,1H3,(H,12,13). The zero-order valence-corrected chi connectivity index (χ0v) is 9.70. The van der Waals surface area contributed by atoms with Crippen LogP contribution < -0.4 is 10.9 Å². The highest BCUT2D eigenvalue weighted by Crippen LogP contribution is 2.05. The Labute approximate surface area is 96.8 Å². The van der Waals surface area contributed by atoms with Gasteiger partial charge in [-0.05, 0) is 6.92 Å². The summed E-state index contributed by atoms with van der Waals surface area (Å²) in [5.41, 5.74) is -0.0958. The van der Waals surface area contributed by atoms with Crippen molar-refractivity contribution in [2.24, 2.45) is 0 Å². The van der Waals surface area contributed by atoms with Crippen LogP contribution >= 0.6 is 11.3 Å². The molecule has 0 atom stereocenters. The van der Waals surface area contributed by atoms with Crippen molar-refractivity contribution in [3.63, 3.8) is 0 Å². The van der Waals surface area contributed by atoms with Gasteiger partial charge in [0.25, 0.3) is 5.56 Å². The zero-order valence-electron chi connectivity index (χ0n) is 8.88.